The van der Waals surface area contributed by atoms with Crippen LogP contribution in [0.15, 0.2) is 185 Å². The number of nitrogens with zero attached hydrogens (tertiary/aromatic N) is 10. The normalized spacial score (nSPS) is 17.9. The number of benzene rings is 4. The third-order valence-electron chi connectivity index (χ3n) is 23.1. The van der Waals surface area contributed by atoms with E-state index in [9.17, 15) is 72.2 Å². The quantitative estimate of drug-likeness (QED) is 0.0124. The van der Waals surface area contributed by atoms with Crippen LogP contribution in [0.25, 0.3) is 22.3 Å². The smallest absolute Gasteiger partial charge is 0.397 e. The third kappa shape index (κ3) is 38.3. The number of aromatic amines is 1. The molecule has 51 heteroatoms. The van der Waals surface area contributed by atoms with E-state index in [1.54, 1.807) is 64.1 Å². The van der Waals surface area contributed by atoms with E-state index >= 15 is 0 Å². The molecule has 0 saturated carbocycles. The van der Waals surface area contributed by atoms with Crippen molar-refractivity contribution in [3.8, 4) is 0 Å². The number of thioether (sulfide) groups is 4. The van der Waals surface area contributed by atoms with Gasteiger partial charge in [0.2, 0.25) is 0 Å². The zero-order chi connectivity index (χ0) is 106. The van der Waals surface area contributed by atoms with Crippen LogP contribution in [0.2, 0.25) is 0 Å². The molecule has 146 heavy (non-hydrogen) atoms. The van der Waals surface area contributed by atoms with Gasteiger partial charge in [-0.2, -0.15) is 4.98 Å². The van der Waals surface area contributed by atoms with E-state index in [-0.39, 0.29) is 130 Å². The second-order valence-electron chi connectivity index (χ2n) is 36.5. The Bertz CT molecular complexity index is 6230. The number of carbonyl (C=O) groups excluding carboxylic acids is 4. The van der Waals surface area contributed by atoms with Crippen LogP contribution in [0.1, 0.15) is 142 Å². The fraction of sp³-hybridized carbons (Fsp3) is 0.505. The predicted octanol–water partition coefficient (Wildman–Crippen LogP) is 12.5. The first-order valence-corrected chi connectivity index (χ1v) is 57.8. The lowest BCUT2D eigenvalue weighted by atomic mass is 9.92. The molecule has 4 unspecified atom stereocenters. The van der Waals surface area contributed by atoms with Crippen molar-refractivity contribution in [1.82, 2.24) is 73.5 Å². The Kier molecular flexibility index (Phi) is 48.0. The number of H-pyrrole nitrogens is 1. The number of hydrogen-bond acceptors (Lipinski definition) is 38. The molecule has 2 aliphatic heterocycles. The molecule has 0 amide bonds. The van der Waals surface area contributed by atoms with Crippen LogP contribution in [0.3, 0.4) is 0 Å². The van der Waals surface area contributed by atoms with Gasteiger partial charge in [-0.15, -0.1) is 0 Å². The van der Waals surface area contributed by atoms with Gasteiger partial charge in [0, 0.05) is 104 Å². The Labute approximate surface area is 864 Å². The SMILES string of the molecule is CC(C)(CO)C(=O)SCCOP(=O)(COCCn1cnc2c(N)ccnc21)NCc1ccccc1.CCC(C)(C)C(=O)SCCOP(=O)(NCc1ccccc1)OC[C@@H]1O[C@H](n2cc(C)c(=O)[nH]c2=O)C[C@@H]1O.CCC(C)(C)C(=O)SCCOP(=O)(NCc1ccccc1)OC[C@@H]1O[C@H](n2ccc(N)nc2=O)C[C@@H]1O.C[C@H](Cn1cnc2c(N)ncnc21)OCP(=O)(NCc1ccccc1)OCCSC(=O)C(C)(C)CO. The summed E-state index contributed by atoms with van der Waals surface area (Å²) in [5.74, 6) is 1.60. The Balaban J connectivity index is 0.000000217. The van der Waals surface area contributed by atoms with E-state index in [1.807, 2.05) is 174 Å². The first kappa shape index (κ1) is 121. The molecule has 43 nitrogen and oxygen atoms in total. The van der Waals surface area contributed by atoms with Crippen molar-refractivity contribution in [2.24, 2.45) is 21.7 Å². The van der Waals surface area contributed by atoms with Gasteiger partial charge < -0.3 is 74.8 Å². The number of aliphatic hydroxyl groups is 4. The van der Waals surface area contributed by atoms with Crippen LogP contribution in [0.4, 0.5) is 17.3 Å². The van der Waals surface area contributed by atoms with Gasteiger partial charge >= 0.3 is 26.9 Å². The molecule has 2 saturated heterocycles. The summed E-state index contributed by atoms with van der Waals surface area (Å²) < 4.78 is 117. The average Bonchev–Trinajstić information content (AvgIpc) is 2.00. The number of ether oxygens (including phenoxy) is 4. The number of nitrogen functional groups attached to an aromatic ring is 3. The van der Waals surface area contributed by atoms with Gasteiger partial charge in [-0.1, -0.05) is 210 Å². The number of aryl methyl sites for hydroxylation is 1. The second-order valence-corrected chi connectivity index (χ2v) is 48.8. The van der Waals surface area contributed by atoms with E-state index < -0.39 is 106 Å². The fourth-order valence-corrected chi connectivity index (χ4v) is 22.5. The zero-order valence-corrected chi connectivity index (χ0v) is 90.7. The minimum atomic E-state index is -3.87. The summed E-state index contributed by atoms with van der Waals surface area (Å²) in [6, 6.07) is 40.9. The molecule has 0 radical (unpaired) electrons. The second kappa shape index (κ2) is 58.1. The number of aliphatic hydroxyl groups excluding tert-OH is 4. The Morgan fingerprint density at radius 3 is 1.39 bits per heavy atom. The summed E-state index contributed by atoms with van der Waals surface area (Å²) in [4.78, 5) is 112. The minimum Gasteiger partial charge on any atom is -0.397 e. The maximum Gasteiger partial charge on any atom is 0.405 e. The van der Waals surface area contributed by atoms with Crippen LogP contribution < -0.4 is 54.5 Å². The number of anilines is 3. The topological polar surface area (TPSA) is 600 Å². The zero-order valence-electron chi connectivity index (χ0n) is 83.9. The molecule has 10 aromatic rings. The van der Waals surface area contributed by atoms with E-state index in [4.69, 9.17) is 63.3 Å². The van der Waals surface area contributed by atoms with Crippen molar-refractivity contribution in [3.05, 3.63) is 230 Å². The summed E-state index contributed by atoms with van der Waals surface area (Å²) >= 11 is 4.34. The highest BCUT2D eigenvalue weighted by molar-refractivity contribution is 8.14. The standard InChI is InChI=1S/C25H36N3O8PS.C24H35N4O7PS.C23H33N6O5PS.C23H32N5O5PS/c1-5-25(3,4)23(31)38-12-11-34-37(33,26-14-18-9-7-6-8-10-18)35-16-20-19(29)13-21(36-20)28-15-17(2)22(30)27-24(28)32;1-4-24(2,3)22(30)37-13-12-33-36(32,26-15-17-8-6-5-7-9-17)34-16-19-18(29)14-21(35-19)28-11-10-20(25)27-23(28)31;1-17(12-29-15-27-19-20(24)25-14-26-21(19)29)33-16-35(32,28-11-18-7-5-4-6-8-18)34-9-10-36-22(31)23(2,3)13-30;1-23(2,15-29)22(30)35-13-12-33-34(31,27-14-18-6-4-3-5-7-18)17-32-11-10-28-16-26-20-19(24)8-9-25-21(20)28/h6-10,15,19-21,29H,5,11-14,16H2,1-4H3,(H,26,33)(H,27,30,32);5-11,18-19,21,29H,4,12-16H2,1-3H3,(H,26,32)(H2,25,27,31);4-8,14-15,17,30H,9-13,16H2,1-3H3,(H,28,32)(H2,24,25,26);3-9,16,29H,10-15,17H2,1-2H3,(H2,24,25)(H,27,31)/t19-,20-,21-,37?;18-,19-,21-,36?;17-,35?;/m001./s1. The molecular formula is C95H136N18O25P4S4. The summed E-state index contributed by atoms with van der Waals surface area (Å²) in [5, 5.41) is 51.2. The van der Waals surface area contributed by atoms with Gasteiger partial charge in [0.25, 0.3) is 20.6 Å². The van der Waals surface area contributed by atoms with Crippen LogP contribution in [0.5, 0.6) is 0 Å². The van der Waals surface area contributed by atoms with Crippen molar-refractivity contribution in [2.45, 2.75) is 191 Å². The summed E-state index contributed by atoms with van der Waals surface area (Å²) in [7, 11) is -14.5. The highest BCUT2D eigenvalue weighted by atomic mass is 32.2. The number of carbonyl (C=O) groups is 4. The molecule has 800 valence electrons. The van der Waals surface area contributed by atoms with Crippen molar-refractivity contribution < 1.29 is 104 Å². The number of hydrogen-bond donors (Lipinski definition) is 12. The molecule has 12 rings (SSSR count). The van der Waals surface area contributed by atoms with E-state index in [0.717, 1.165) is 69.3 Å². The molecular weight excluding hydrogens is 2050 g/mol. The Morgan fingerprint density at radius 1 is 0.521 bits per heavy atom. The Hall–Kier alpha value is -8.71. The van der Waals surface area contributed by atoms with E-state index in [1.165, 1.54) is 33.9 Å². The lowest BCUT2D eigenvalue weighted by molar-refractivity contribution is -0.120. The molecule has 2 aliphatic rings. The number of pyridine rings is 1. The average molecular weight is 2180 g/mol. The lowest BCUT2D eigenvalue weighted by Gasteiger charge is -2.23. The fourth-order valence-electron chi connectivity index (χ4n) is 13.1. The van der Waals surface area contributed by atoms with Gasteiger partial charge in [-0.25, -0.2) is 64.0 Å². The van der Waals surface area contributed by atoms with E-state index in [0.29, 0.717) is 101 Å². The van der Waals surface area contributed by atoms with Crippen LogP contribution in [0, 0.1) is 28.6 Å². The van der Waals surface area contributed by atoms with Gasteiger partial charge in [0.05, 0.1) is 113 Å². The number of rotatable bonds is 54. The van der Waals surface area contributed by atoms with Crippen LogP contribution in [-0.4, -0.2) is 220 Å². The molecule has 6 aromatic heterocycles. The molecule has 0 bridgehead atoms. The monoisotopic (exact) mass is 2180 g/mol. The van der Waals surface area contributed by atoms with E-state index in [2.05, 4.69) is 55.2 Å². The van der Waals surface area contributed by atoms with Crippen molar-refractivity contribution in [3.63, 3.8) is 0 Å². The maximum atomic E-state index is 13.6. The maximum absolute atomic E-state index is 13.6. The first-order chi connectivity index (χ1) is 69.3. The number of fused-ring (bicyclic) bond motifs is 2. The molecule has 11 atom stereocenters. The highest BCUT2D eigenvalue weighted by Gasteiger charge is 2.42. The van der Waals surface area contributed by atoms with Crippen molar-refractivity contribution >= 4 is 138 Å². The number of nitrogens with two attached hydrogens (primary N) is 3. The van der Waals surface area contributed by atoms with Gasteiger partial charge in [0.15, 0.2) is 37.6 Å². The van der Waals surface area contributed by atoms with Gasteiger partial charge in [-0.05, 0) is 88.8 Å². The molecule has 2 fully saturated rings. The molecule has 0 aliphatic carbocycles. The highest BCUT2D eigenvalue weighted by Crippen LogP contribution is 2.49. The Morgan fingerprint density at radius 2 is 0.938 bits per heavy atom. The van der Waals surface area contributed by atoms with Crippen LogP contribution >= 0.6 is 77.6 Å². The van der Waals surface area contributed by atoms with Crippen molar-refractivity contribution in [2.75, 3.05) is 112 Å². The molecule has 0 spiro atoms. The molecule has 15 N–H and O–H groups in total. The van der Waals surface area contributed by atoms with Gasteiger partial charge in [0.1, 0.15) is 60.5 Å². The molecule has 4 aromatic carbocycles. The lowest BCUT2D eigenvalue weighted by Crippen LogP contribution is -2.33. The van der Waals surface area contributed by atoms with Gasteiger partial charge in [-0.3, -0.25) is 65.3 Å². The number of aromatic nitrogens is 11. The van der Waals surface area contributed by atoms with Crippen LogP contribution in [-0.2, 0) is 123 Å². The summed E-state index contributed by atoms with van der Waals surface area (Å²) in [5.41, 5.74) is 19.9. The largest absolute Gasteiger partial charge is 0.405 e. The summed E-state index contributed by atoms with van der Waals surface area (Å²) in [6.45, 7) is 22.9. The van der Waals surface area contributed by atoms with Crippen molar-refractivity contribution in [1.29, 1.82) is 0 Å². The predicted molar refractivity (Wildman–Crippen MR) is 565 cm³/mol. The number of nitrogens with one attached hydrogen (secondary N) is 5. The first-order valence-electron chi connectivity index (χ1n) is 47.2. The molecule has 8 heterocycles. The summed E-state index contributed by atoms with van der Waals surface area (Å²) in [6.07, 6.45) is 4.72. The third-order valence-corrected chi connectivity index (χ3v) is 34.4. The number of imidazole rings is 2. The minimum absolute atomic E-state index is 0.00196.